The van der Waals surface area contributed by atoms with Crippen LogP contribution in [0.25, 0.3) is 0 Å². The van der Waals surface area contributed by atoms with Gasteiger partial charge in [0.2, 0.25) is 0 Å². The van der Waals surface area contributed by atoms with Crippen LogP contribution in [0.2, 0.25) is 0 Å². The Bertz CT molecular complexity index is 731. The average Bonchev–Trinajstić information content (AvgIpc) is 2.52. The Morgan fingerprint density at radius 3 is 2.70 bits per heavy atom. The van der Waals surface area contributed by atoms with Gasteiger partial charge in [0, 0.05) is 12.1 Å². The maximum Gasteiger partial charge on any atom is 0.329 e. The van der Waals surface area contributed by atoms with E-state index in [0.29, 0.717) is 12.0 Å². The number of aryl methyl sites for hydroxylation is 1. The number of ether oxygens (including phenoxy) is 1. The van der Waals surface area contributed by atoms with Crippen LogP contribution in [0.3, 0.4) is 0 Å². The number of methoxy groups -OCH3 is 1. The lowest BCUT2D eigenvalue weighted by molar-refractivity contribution is -0.145. The molecule has 1 fully saturated rings. The third kappa shape index (κ3) is 3.69. The molecule has 0 N–H and O–H groups in total. The zero-order valence-corrected chi connectivity index (χ0v) is 13.7. The van der Waals surface area contributed by atoms with E-state index < -0.39 is 39.3 Å². The third-order valence-electron chi connectivity index (χ3n) is 3.85. The van der Waals surface area contributed by atoms with Crippen molar-refractivity contribution in [2.24, 2.45) is 0 Å². The molecular formula is C15H18FNO5S. The molecule has 1 aliphatic heterocycles. The molecule has 1 aromatic carbocycles. The molecule has 23 heavy (non-hydrogen) atoms. The summed E-state index contributed by atoms with van der Waals surface area (Å²) in [7, 11) is -2.30. The number of sulfone groups is 1. The number of hydrogen-bond acceptors (Lipinski definition) is 5. The van der Waals surface area contributed by atoms with Crippen molar-refractivity contribution >= 4 is 21.7 Å². The summed E-state index contributed by atoms with van der Waals surface area (Å²) in [5, 5.41) is 0. The highest BCUT2D eigenvalue weighted by molar-refractivity contribution is 7.91. The number of halogens is 1. The molecule has 0 aliphatic carbocycles. The van der Waals surface area contributed by atoms with Crippen molar-refractivity contribution in [2.45, 2.75) is 19.4 Å². The number of nitrogens with zero attached hydrogens (tertiary/aromatic N) is 1. The van der Waals surface area contributed by atoms with Gasteiger partial charge in [0.25, 0.3) is 5.91 Å². The Labute approximate surface area is 134 Å². The molecule has 1 aliphatic rings. The normalized spacial score (nSPS) is 20.1. The molecule has 6 nitrogen and oxygen atoms in total. The Balaban J connectivity index is 2.40. The fourth-order valence-electron chi connectivity index (χ4n) is 2.59. The topological polar surface area (TPSA) is 80.8 Å². The average molecular weight is 343 g/mol. The van der Waals surface area contributed by atoms with Crippen LogP contribution in [0.4, 0.5) is 4.39 Å². The van der Waals surface area contributed by atoms with Crippen molar-refractivity contribution in [3.8, 4) is 0 Å². The van der Waals surface area contributed by atoms with Crippen LogP contribution in [0.15, 0.2) is 18.2 Å². The van der Waals surface area contributed by atoms with Crippen molar-refractivity contribution in [3.05, 3.63) is 35.1 Å². The van der Waals surface area contributed by atoms with Gasteiger partial charge in [-0.1, -0.05) is 13.0 Å². The molecule has 1 atom stereocenters. The lowest BCUT2D eigenvalue weighted by atomic mass is 10.0. The van der Waals surface area contributed by atoms with Crippen molar-refractivity contribution in [3.63, 3.8) is 0 Å². The molecule has 1 unspecified atom stereocenters. The molecule has 0 radical (unpaired) electrons. The molecule has 1 saturated heterocycles. The van der Waals surface area contributed by atoms with Crippen molar-refractivity contribution in [1.29, 1.82) is 0 Å². The van der Waals surface area contributed by atoms with E-state index in [4.69, 9.17) is 0 Å². The van der Waals surface area contributed by atoms with Crippen LogP contribution in [-0.4, -0.2) is 56.4 Å². The van der Waals surface area contributed by atoms with Crippen LogP contribution < -0.4 is 0 Å². The van der Waals surface area contributed by atoms with Crippen molar-refractivity contribution in [1.82, 2.24) is 4.90 Å². The Hall–Kier alpha value is -1.96. The van der Waals surface area contributed by atoms with Crippen LogP contribution in [0.5, 0.6) is 0 Å². The molecule has 1 aromatic rings. The fraction of sp³-hybridized carbons (Fsp3) is 0.467. The largest absolute Gasteiger partial charge is 0.467 e. The summed E-state index contributed by atoms with van der Waals surface area (Å²) in [5.74, 6) is -2.64. The quantitative estimate of drug-likeness (QED) is 0.759. The second-order valence-corrected chi connectivity index (χ2v) is 7.54. The minimum atomic E-state index is -3.43. The monoisotopic (exact) mass is 343 g/mol. The van der Waals surface area contributed by atoms with E-state index in [9.17, 15) is 22.4 Å². The maximum absolute atomic E-state index is 13.5. The minimum absolute atomic E-state index is 0.124. The molecule has 126 valence electrons. The number of esters is 1. The van der Waals surface area contributed by atoms with E-state index in [1.807, 2.05) is 6.92 Å². The van der Waals surface area contributed by atoms with Crippen LogP contribution in [-0.2, 0) is 25.8 Å². The first-order valence-electron chi connectivity index (χ1n) is 7.16. The molecule has 1 amide bonds. The molecular weight excluding hydrogens is 325 g/mol. The third-order valence-corrected chi connectivity index (χ3v) is 5.48. The molecule has 0 saturated carbocycles. The molecule has 0 spiro atoms. The SMILES string of the molecule is CCc1ccc(F)cc1C(=O)N1CCS(=O)(=O)CC1C(=O)OC. The van der Waals surface area contributed by atoms with Gasteiger partial charge >= 0.3 is 5.97 Å². The fourth-order valence-corrected chi connectivity index (χ4v) is 4.03. The summed E-state index contributed by atoms with van der Waals surface area (Å²) in [6, 6.07) is 2.67. The summed E-state index contributed by atoms with van der Waals surface area (Å²) >= 11 is 0. The predicted molar refractivity (Wildman–Crippen MR) is 81.3 cm³/mol. The zero-order chi connectivity index (χ0) is 17.2. The summed E-state index contributed by atoms with van der Waals surface area (Å²) in [6.45, 7) is 1.70. The smallest absolute Gasteiger partial charge is 0.329 e. The van der Waals surface area contributed by atoms with Gasteiger partial charge in [0.15, 0.2) is 9.84 Å². The summed E-state index contributed by atoms with van der Waals surface area (Å²) in [4.78, 5) is 25.8. The second-order valence-electron chi connectivity index (χ2n) is 5.31. The van der Waals surface area contributed by atoms with Gasteiger partial charge in [0.05, 0.1) is 18.6 Å². The van der Waals surface area contributed by atoms with Gasteiger partial charge in [-0.05, 0) is 24.1 Å². The number of rotatable bonds is 3. The lowest BCUT2D eigenvalue weighted by Crippen LogP contribution is -2.55. The summed E-state index contributed by atoms with van der Waals surface area (Å²) < 4.78 is 41.6. The van der Waals surface area contributed by atoms with E-state index in [2.05, 4.69) is 4.74 Å². The van der Waals surface area contributed by atoms with E-state index in [1.54, 1.807) is 0 Å². The highest BCUT2D eigenvalue weighted by Gasteiger charge is 2.40. The Kier molecular flexibility index (Phi) is 5.03. The van der Waals surface area contributed by atoms with Gasteiger partial charge in [-0.2, -0.15) is 0 Å². The Morgan fingerprint density at radius 1 is 1.39 bits per heavy atom. The molecule has 0 aromatic heterocycles. The second kappa shape index (κ2) is 6.66. The van der Waals surface area contributed by atoms with E-state index in [-0.39, 0.29) is 17.9 Å². The van der Waals surface area contributed by atoms with Crippen LogP contribution in [0, 0.1) is 5.82 Å². The van der Waals surface area contributed by atoms with E-state index in [1.165, 1.54) is 12.1 Å². The standard InChI is InChI=1S/C15H18FNO5S/c1-3-10-4-5-11(16)8-12(10)14(18)17-6-7-23(20,21)9-13(17)15(19)22-2/h4-5,8,13H,3,6-7,9H2,1-2H3. The van der Waals surface area contributed by atoms with Crippen LogP contribution >= 0.6 is 0 Å². The van der Waals surface area contributed by atoms with Gasteiger partial charge < -0.3 is 9.64 Å². The van der Waals surface area contributed by atoms with Gasteiger partial charge in [0.1, 0.15) is 11.9 Å². The first-order chi connectivity index (χ1) is 10.8. The molecule has 1 heterocycles. The minimum Gasteiger partial charge on any atom is -0.467 e. The molecule has 0 bridgehead atoms. The highest BCUT2D eigenvalue weighted by Crippen LogP contribution is 2.20. The van der Waals surface area contributed by atoms with Gasteiger partial charge in [-0.3, -0.25) is 4.79 Å². The molecule has 8 heteroatoms. The maximum atomic E-state index is 13.5. The van der Waals surface area contributed by atoms with E-state index in [0.717, 1.165) is 18.1 Å². The number of carbonyl (C=O) groups is 2. The van der Waals surface area contributed by atoms with Gasteiger partial charge in [-0.25, -0.2) is 17.6 Å². The number of amides is 1. The van der Waals surface area contributed by atoms with Crippen molar-refractivity contribution in [2.75, 3.05) is 25.2 Å². The number of benzene rings is 1. The molecule has 2 rings (SSSR count). The van der Waals surface area contributed by atoms with Crippen LogP contribution in [0.1, 0.15) is 22.8 Å². The van der Waals surface area contributed by atoms with Crippen molar-refractivity contribution < 1.29 is 27.1 Å². The Morgan fingerprint density at radius 2 is 2.09 bits per heavy atom. The predicted octanol–water partition coefficient (Wildman–Crippen LogP) is 0.800. The first kappa shape index (κ1) is 17.4. The van der Waals surface area contributed by atoms with E-state index >= 15 is 0 Å². The number of carbonyl (C=O) groups excluding carboxylic acids is 2. The summed E-state index contributed by atoms with van der Waals surface area (Å²) in [5.41, 5.74) is 0.772. The summed E-state index contributed by atoms with van der Waals surface area (Å²) in [6.07, 6.45) is 0.510. The lowest BCUT2D eigenvalue weighted by Gasteiger charge is -2.34. The number of hydrogen-bond donors (Lipinski definition) is 0. The highest BCUT2D eigenvalue weighted by atomic mass is 32.2. The van der Waals surface area contributed by atoms with Gasteiger partial charge in [-0.15, -0.1) is 0 Å². The first-order valence-corrected chi connectivity index (χ1v) is 8.99. The zero-order valence-electron chi connectivity index (χ0n) is 12.9.